The molecule has 0 amide bonds. The number of morpholine rings is 1. The van der Waals surface area contributed by atoms with Gasteiger partial charge in [0, 0.05) is 49.1 Å². The fraction of sp³-hybridized carbons (Fsp3) is 0.444. The van der Waals surface area contributed by atoms with E-state index in [-0.39, 0.29) is 6.04 Å². The van der Waals surface area contributed by atoms with Crippen molar-refractivity contribution in [2.45, 2.75) is 12.5 Å². The van der Waals surface area contributed by atoms with E-state index in [9.17, 15) is 5.26 Å². The minimum absolute atomic E-state index is 0.210. The summed E-state index contributed by atoms with van der Waals surface area (Å²) in [5, 5.41) is 12.8. The molecule has 1 unspecified atom stereocenters. The van der Waals surface area contributed by atoms with Gasteiger partial charge in [-0.15, -0.1) is 0 Å². The standard InChI is InChI=1S/C18H20BrN7O/c19-14-9-13(10-20)17(22-11-14)26-4-2-15(12-26)23-18-21-3-1-16(24-18)25-5-7-27-8-6-25/h1,3,9,11,15H,2,4-8,12H2,(H,21,23,24). The van der Waals surface area contributed by atoms with Crippen LogP contribution in [0.2, 0.25) is 0 Å². The molecule has 2 fully saturated rings. The van der Waals surface area contributed by atoms with Crippen LogP contribution in [0.4, 0.5) is 17.6 Å². The summed E-state index contributed by atoms with van der Waals surface area (Å²) in [5.74, 6) is 2.29. The summed E-state index contributed by atoms with van der Waals surface area (Å²) in [5.41, 5.74) is 0.579. The zero-order chi connectivity index (χ0) is 18.6. The minimum atomic E-state index is 0.210. The summed E-state index contributed by atoms with van der Waals surface area (Å²) >= 11 is 3.37. The molecule has 4 rings (SSSR count). The maximum atomic E-state index is 9.37. The normalized spacial score (nSPS) is 19.8. The highest BCUT2D eigenvalue weighted by molar-refractivity contribution is 9.10. The summed E-state index contributed by atoms with van der Waals surface area (Å²) in [7, 11) is 0. The van der Waals surface area contributed by atoms with Crippen molar-refractivity contribution in [3.8, 4) is 6.07 Å². The first-order valence-corrected chi connectivity index (χ1v) is 9.75. The first-order valence-electron chi connectivity index (χ1n) is 8.96. The highest BCUT2D eigenvalue weighted by Crippen LogP contribution is 2.25. The van der Waals surface area contributed by atoms with E-state index in [0.717, 1.165) is 61.9 Å². The number of nitrogens with one attached hydrogen (secondary N) is 1. The Labute approximate surface area is 166 Å². The maximum Gasteiger partial charge on any atom is 0.224 e. The molecule has 2 aromatic rings. The van der Waals surface area contributed by atoms with E-state index in [1.807, 2.05) is 6.07 Å². The summed E-state index contributed by atoms with van der Waals surface area (Å²) in [6.07, 6.45) is 4.45. The van der Waals surface area contributed by atoms with Crippen LogP contribution in [0.5, 0.6) is 0 Å². The van der Waals surface area contributed by atoms with Crippen molar-refractivity contribution in [2.75, 3.05) is 54.5 Å². The molecule has 0 bridgehead atoms. The molecule has 9 heteroatoms. The Morgan fingerprint density at radius 1 is 1.22 bits per heavy atom. The maximum absolute atomic E-state index is 9.37. The van der Waals surface area contributed by atoms with Crippen molar-refractivity contribution in [1.82, 2.24) is 15.0 Å². The molecular weight excluding hydrogens is 410 g/mol. The molecular formula is C18H20BrN7O. The van der Waals surface area contributed by atoms with Gasteiger partial charge in [0.2, 0.25) is 5.95 Å². The Kier molecular flexibility index (Phi) is 5.36. The Bertz CT molecular complexity index is 850. The van der Waals surface area contributed by atoms with Crippen LogP contribution in [-0.2, 0) is 4.74 Å². The highest BCUT2D eigenvalue weighted by atomic mass is 79.9. The predicted octanol–water partition coefficient (Wildman–Crippen LogP) is 2.03. The number of anilines is 3. The van der Waals surface area contributed by atoms with E-state index in [1.165, 1.54) is 0 Å². The molecule has 27 heavy (non-hydrogen) atoms. The molecule has 140 valence electrons. The van der Waals surface area contributed by atoms with Gasteiger partial charge in [-0.2, -0.15) is 10.2 Å². The monoisotopic (exact) mass is 429 g/mol. The molecule has 2 aliphatic rings. The fourth-order valence-electron chi connectivity index (χ4n) is 3.41. The largest absolute Gasteiger partial charge is 0.378 e. The first-order chi connectivity index (χ1) is 13.2. The van der Waals surface area contributed by atoms with E-state index in [0.29, 0.717) is 11.5 Å². The van der Waals surface area contributed by atoms with Gasteiger partial charge in [-0.25, -0.2) is 9.97 Å². The van der Waals surface area contributed by atoms with Gasteiger partial charge in [0.1, 0.15) is 17.7 Å². The molecule has 0 saturated carbocycles. The van der Waals surface area contributed by atoms with Crippen LogP contribution in [0.1, 0.15) is 12.0 Å². The average molecular weight is 430 g/mol. The van der Waals surface area contributed by atoms with Crippen molar-refractivity contribution < 1.29 is 4.74 Å². The van der Waals surface area contributed by atoms with Crippen molar-refractivity contribution in [1.29, 1.82) is 5.26 Å². The van der Waals surface area contributed by atoms with E-state index in [1.54, 1.807) is 18.5 Å². The van der Waals surface area contributed by atoms with Gasteiger partial charge in [0.25, 0.3) is 0 Å². The lowest BCUT2D eigenvalue weighted by Gasteiger charge is -2.28. The van der Waals surface area contributed by atoms with Gasteiger partial charge in [-0.3, -0.25) is 0 Å². The lowest BCUT2D eigenvalue weighted by molar-refractivity contribution is 0.122. The molecule has 2 aromatic heterocycles. The third-order valence-corrected chi connectivity index (χ3v) is 5.18. The third-order valence-electron chi connectivity index (χ3n) is 4.75. The van der Waals surface area contributed by atoms with Gasteiger partial charge in [0.05, 0.1) is 18.8 Å². The number of ether oxygens (including phenoxy) is 1. The SMILES string of the molecule is N#Cc1cc(Br)cnc1N1CCC(Nc2nccc(N3CCOCC3)n2)C1. The van der Waals surface area contributed by atoms with Gasteiger partial charge in [-0.1, -0.05) is 0 Å². The lowest BCUT2D eigenvalue weighted by Crippen LogP contribution is -2.37. The summed E-state index contributed by atoms with van der Waals surface area (Å²) in [6.45, 7) is 4.75. The smallest absolute Gasteiger partial charge is 0.224 e. The molecule has 0 aliphatic carbocycles. The molecule has 1 atom stereocenters. The lowest BCUT2D eigenvalue weighted by atomic mass is 10.2. The minimum Gasteiger partial charge on any atom is -0.378 e. The summed E-state index contributed by atoms with van der Waals surface area (Å²) in [6, 6.07) is 6.17. The number of hydrogen-bond donors (Lipinski definition) is 1. The topological polar surface area (TPSA) is 90.2 Å². The number of nitriles is 1. The summed E-state index contributed by atoms with van der Waals surface area (Å²) < 4.78 is 6.21. The molecule has 2 saturated heterocycles. The van der Waals surface area contributed by atoms with E-state index < -0.39 is 0 Å². The molecule has 4 heterocycles. The number of nitrogens with zero attached hydrogens (tertiary/aromatic N) is 6. The fourth-order valence-corrected chi connectivity index (χ4v) is 3.74. The first kappa shape index (κ1) is 17.9. The van der Waals surface area contributed by atoms with Crippen LogP contribution < -0.4 is 15.1 Å². The van der Waals surface area contributed by atoms with Gasteiger partial charge in [0.15, 0.2) is 0 Å². The van der Waals surface area contributed by atoms with E-state index in [4.69, 9.17) is 4.74 Å². The quantitative estimate of drug-likeness (QED) is 0.789. The second kappa shape index (κ2) is 8.06. The van der Waals surface area contributed by atoms with Crippen LogP contribution in [0.25, 0.3) is 0 Å². The van der Waals surface area contributed by atoms with Crippen molar-refractivity contribution >= 4 is 33.5 Å². The number of aromatic nitrogens is 3. The van der Waals surface area contributed by atoms with Gasteiger partial charge in [-0.05, 0) is 34.5 Å². The van der Waals surface area contributed by atoms with Crippen LogP contribution in [0.3, 0.4) is 0 Å². The molecule has 0 radical (unpaired) electrons. The molecule has 8 nitrogen and oxygen atoms in total. The molecule has 0 aromatic carbocycles. The number of halogens is 1. The second-order valence-electron chi connectivity index (χ2n) is 6.55. The zero-order valence-electron chi connectivity index (χ0n) is 14.8. The van der Waals surface area contributed by atoms with Crippen molar-refractivity contribution in [3.05, 3.63) is 34.6 Å². The van der Waals surface area contributed by atoms with Crippen molar-refractivity contribution in [3.63, 3.8) is 0 Å². The average Bonchev–Trinajstić information content (AvgIpc) is 3.17. The number of hydrogen-bond acceptors (Lipinski definition) is 8. The van der Waals surface area contributed by atoms with Crippen LogP contribution >= 0.6 is 15.9 Å². The van der Waals surface area contributed by atoms with Crippen LogP contribution in [0.15, 0.2) is 29.0 Å². The molecule has 1 N–H and O–H groups in total. The Morgan fingerprint density at radius 2 is 2.07 bits per heavy atom. The highest BCUT2D eigenvalue weighted by Gasteiger charge is 2.26. The van der Waals surface area contributed by atoms with E-state index >= 15 is 0 Å². The zero-order valence-corrected chi connectivity index (χ0v) is 16.4. The number of rotatable bonds is 4. The van der Waals surface area contributed by atoms with E-state index in [2.05, 4.69) is 52.1 Å². The molecule has 2 aliphatic heterocycles. The molecule has 0 spiro atoms. The van der Waals surface area contributed by atoms with Gasteiger partial charge >= 0.3 is 0 Å². The predicted molar refractivity (Wildman–Crippen MR) is 106 cm³/mol. The third kappa shape index (κ3) is 4.12. The number of pyridine rings is 1. The van der Waals surface area contributed by atoms with Gasteiger partial charge < -0.3 is 19.9 Å². The van der Waals surface area contributed by atoms with Crippen LogP contribution in [-0.4, -0.2) is 60.4 Å². The summed E-state index contributed by atoms with van der Waals surface area (Å²) in [4.78, 5) is 17.8. The Balaban J connectivity index is 1.42. The Morgan fingerprint density at radius 3 is 2.89 bits per heavy atom. The van der Waals surface area contributed by atoms with Crippen LogP contribution in [0, 0.1) is 11.3 Å². The van der Waals surface area contributed by atoms with Crippen molar-refractivity contribution in [2.24, 2.45) is 0 Å². The Hall–Kier alpha value is -2.44. The second-order valence-corrected chi connectivity index (χ2v) is 7.47.